The molecule has 0 bridgehead atoms. The number of amides is 1. The van der Waals surface area contributed by atoms with Gasteiger partial charge in [0.2, 0.25) is 0 Å². The molecule has 3 aromatic rings. The summed E-state index contributed by atoms with van der Waals surface area (Å²) in [4.78, 5) is 12.4. The molecule has 0 radical (unpaired) electrons. The summed E-state index contributed by atoms with van der Waals surface area (Å²) in [5.41, 5.74) is 0.710. The summed E-state index contributed by atoms with van der Waals surface area (Å²) >= 11 is 11.9. The predicted molar refractivity (Wildman–Crippen MR) is 119 cm³/mol. The zero-order valence-electron chi connectivity index (χ0n) is 15.8. The highest BCUT2D eigenvalue weighted by Gasteiger charge is 2.18. The van der Waals surface area contributed by atoms with Crippen LogP contribution in [0.25, 0.3) is 0 Å². The molecule has 2 N–H and O–H groups in total. The number of para-hydroxylation sites is 1. The van der Waals surface area contributed by atoms with Gasteiger partial charge in [-0.1, -0.05) is 41.4 Å². The van der Waals surface area contributed by atoms with Gasteiger partial charge in [0.05, 0.1) is 15.6 Å². The monoisotopic (exact) mass is 464 g/mol. The molecule has 1 unspecified atom stereocenters. The van der Waals surface area contributed by atoms with Crippen molar-refractivity contribution in [3.05, 3.63) is 82.8 Å². The second-order valence-corrected chi connectivity index (χ2v) is 8.84. The lowest BCUT2D eigenvalue weighted by Crippen LogP contribution is -2.30. The number of hydrogen-bond donors (Lipinski definition) is 2. The minimum Gasteiger partial charge on any atom is -0.481 e. The number of nitrogens with one attached hydrogen (secondary N) is 2. The molecule has 0 aliphatic rings. The Morgan fingerprint density at radius 2 is 1.67 bits per heavy atom. The van der Waals surface area contributed by atoms with Gasteiger partial charge in [-0.3, -0.25) is 9.52 Å². The van der Waals surface area contributed by atoms with Crippen LogP contribution in [0.1, 0.15) is 6.92 Å². The quantitative estimate of drug-likeness (QED) is 0.503. The molecule has 6 nitrogen and oxygen atoms in total. The summed E-state index contributed by atoms with van der Waals surface area (Å²) in [6.45, 7) is 1.60. The SMILES string of the molecule is CC(Oc1cccc(Cl)c1)C(=O)Nc1ccc(S(=O)(=O)Nc2ccccc2Cl)cc1. The van der Waals surface area contributed by atoms with Gasteiger partial charge in [-0.15, -0.1) is 0 Å². The summed E-state index contributed by atoms with van der Waals surface area (Å²) in [6.07, 6.45) is -0.784. The zero-order valence-corrected chi connectivity index (χ0v) is 18.1. The molecule has 0 saturated carbocycles. The molecule has 9 heteroatoms. The third-order valence-corrected chi connectivity index (χ3v) is 5.97. The van der Waals surface area contributed by atoms with Gasteiger partial charge in [-0.2, -0.15) is 0 Å². The van der Waals surface area contributed by atoms with E-state index in [1.165, 1.54) is 24.3 Å². The topological polar surface area (TPSA) is 84.5 Å². The average Bonchev–Trinajstić information content (AvgIpc) is 2.70. The molecule has 1 amide bonds. The van der Waals surface area contributed by atoms with E-state index in [-0.39, 0.29) is 16.5 Å². The van der Waals surface area contributed by atoms with Crippen LogP contribution in [0.2, 0.25) is 10.0 Å². The van der Waals surface area contributed by atoms with Crippen molar-refractivity contribution >= 4 is 50.5 Å². The fourth-order valence-electron chi connectivity index (χ4n) is 2.51. The number of hydrogen-bond acceptors (Lipinski definition) is 4. The van der Waals surface area contributed by atoms with E-state index in [4.69, 9.17) is 27.9 Å². The minimum atomic E-state index is -3.83. The number of benzene rings is 3. The molecule has 0 heterocycles. The fraction of sp³-hybridized carbons (Fsp3) is 0.0952. The van der Waals surface area contributed by atoms with E-state index in [0.717, 1.165) is 0 Å². The van der Waals surface area contributed by atoms with Gasteiger partial charge in [0, 0.05) is 10.7 Å². The van der Waals surface area contributed by atoms with Crippen LogP contribution in [0.5, 0.6) is 5.75 Å². The van der Waals surface area contributed by atoms with Gasteiger partial charge < -0.3 is 10.1 Å². The van der Waals surface area contributed by atoms with Crippen molar-refractivity contribution in [3.8, 4) is 5.75 Å². The molecule has 0 fully saturated rings. The lowest BCUT2D eigenvalue weighted by molar-refractivity contribution is -0.122. The summed E-state index contributed by atoms with van der Waals surface area (Å²) < 4.78 is 33.1. The van der Waals surface area contributed by atoms with Crippen molar-refractivity contribution in [3.63, 3.8) is 0 Å². The number of halogens is 2. The third kappa shape index (κ3) is 5.66. The highest BCUT2D eigenvalue weighted by molar-refractivity contribution is 7.92. The molecule has 156 valence electrons. The Labute approximate surface area is 184 Å². The van der Waals surface area contributed by atoms with Crippen molar-refractivity contribution in [1.29, 1.82) is 0 Å². The Bertz CT molecular complexity index is 1150. The predicted octanol–water partition coefficient (Wildman–Crippen LogP) is 5.20. The molecule has 0 aromatic heterocycles. The second-order valence-electron chi connectivity index (χ2n) is 6.32. The molecule has 1 atom stereocenters. The first-order chi connectivity index (χ1) is 14.2. The standard InChI is InChI=1S/C21H18Cl2N2O4S/c1-14(29-17-6-4-5-15(22)13-17)21(26)24-16-9-11-18(12-10-16)30(27,28)25-20-8-3-2-7-19(20)23/h2-14,25H,1H3,(H,24,26). The Kier molecular flexibility index (Phi) is 6.87. The van der Waals surface area contributed by atoms with Crippen molar-refractivity contribution < 1.29 is 17.9 Å². The molecular formula is C21H18Cl2N2O4S. The summed E-state index contributed by atoms with van der Waals surface area (Å²) in [6, 6.07) is 19.0. The number of anilines is 2. The lowest BCUT2D eigenvalue weighted by Gasteiger charge is -2.15. The van der Waals surface area contributed by atoms with Gasteiger partial charge in [0.1, 0.15) is 5.75 Å². The summed E-state index contributed by atoms with van der Waals surface area (Å²) in [5, 5.41) is 3.47. The van der Waals surface area contributed by atoms with Gasteiger partial charge in [0.15, 0.2) is 6.10 Å². The minimum absolute atomic E-state index is 0.0312. The van der Waals surface area contributed by atoms with E-state index < -0.39 is 16.1 Å². The van der Waals surface area contributed by atoms with Crippen LogP contribution in [-0.2, 0) is 14.8 Å². The van der Waals surface area contributed by atoms with Crippen LogP contribution in [-0.4, -0.2) is 20.4 Å². The largest absolute Gasteiger partial charge is 0.481 e. The van der Waals surface area contributed by atoms with E-state index in [9.17, 15) is 13.2 Å². The van der Waals surface area contributed by atoms with Crippen LogP contribution in [0, 0.1) is 0 Å². The average molecular weight is 465 g/mol. The maximum Gasteiger partial charge on any atom is 0.265 e. The maximum absolute atomic E-state index is 12.5. The number of sulfonamides is 1. The number of ether oxygens (including phenoxy) is 1. The van der Waals surface area contributed by atoms with E-state index in [2.05, 4.69) is 10.0 Å². The number of carbonyl (C=O) groups excluding carboxylic acids is 1. The molecule has 3 rings (SSSR count). The Morgan fingerprint density at radius 1 is 0.967 bits per heavy atom. The molecule has 30 heavy (non-hydrogen) atoms. The Hall–Kier alpha value is -2.74. The first kappa shape index (κ1) is 22.0. The first-order valence-corrected chi connectivity index (χ1v) is 11.1. The van der Waals surface area contributed by atoms with Crippen molar-refractivity contribution in [2.24, 2.45) is 0 Å². The number of rotatable bonds is 7. The van der Waals surface area contributed by atoms with Gasteiger partial charge in [0.25, 0.3) is 15.9 Å². The Balaban J connectivity index is 1.65. The van der Waals surface area contributed by atoms with E-state index in [1.54, 1.807) is 55.5 Å². The normalized spacial score (nSPS) is 12.1. The van der Waals surface area contributed by atoms with Crippen LogP contribution >= 0.6 is 23.2 Å². The maximum atomic E-state index is 12.5. The molecule has 0 aliphatic carbocycles. The van der Waals surface area contributed by atoms with E-state index >= 15 is 0 Å². The van der Waals surface area contributed by atoms with Crippen LogP contribution in [0.3, 0.4) is 0 Å². The third-order valence-electron chi connectivity index (χ3n) is 4.03. The van der Waals surface area contributed by atoms with Crippen molar-refractivity contribution in [1.82, 2.24) is 0 Å². The van der Waals surface area contributed by atoms with E-state index in [1.807, 2.05) is 0 Å². The molecule has 3 aromatic carbocycles. The van der Waals surface area contributed by atoms with Gasteiger partial charge in [-0.25, -0.2) is 8.42 Å². The molecule has 0 saturated heterocycles. The van der Waals surface area contributed by atoms with Crippen molar-refractivity contribution in [2.45, 2.75) is 17.9 Å². The van der Waals surface area contributed by atoms with Gasteiger partial charge >= 0.3 is 0 Å². The fourth-order valence-corrected chi connectivity index (χ4v) is 4.01. The van der Waals surface area contributed by atoms with Crippen LogP contribution in [0.15, 0.2) is 77.7 Å². The van der Waals surface area contributed by atoms with Gasteiger partial charge in [-0.05, 0) is 61.5 Å². The van der Waals surface area contributed by atoms with Crippen molar-refractivity contribution in [2.75, 3.05) is 10.0 Å². The molecule has 0 spiro atoms. The van der Waals surface area contributed by atoms with Crippen LogP contribution < -0.4 is 14.8 Å². The highest BCUT2D eigenvalue weighted by Crippen LogP contribution is 2.25. The zero-order chi connectivity index (χ0) is 21.7. The summed E-state index contributed by atoms with van der Waals surface area (Å²) in [5.74, 6) is 0.0806. The first-order valence-electron chi connectivity index (χ1n) is 8.85. The smallest absolute Gasteiger partial charge is 0.265 e. The molecule has 0 aliphatic heterocycles. The number of carbonyl (C=O) groups is 1. The lowest BCUT2D eigenvalue weighted by atomic mass is 10.3. The van der Waals surface area contributed by atoms with E-state index in [0.29, 0.717) is 21.5 Å². The molecular weight excluding hydrogens is 447 g/mol. The summed E-state index contributed by atoms with van der Waals surface area (Å²) in [7, 11) is -3.83. The van der Waals surface area contributed by atoms with Crippen LogP contribution in [0.4, 0.5) is 11.4 Å². The Morgan fingerprint density at radius 3 is 2.33 bits per heavy atom. The second kappa shape index (κ2) is 9.38. The highest BCUT2D eigenvalue weighted by atomic mass is 35.5.